The first-order valence-corrected chi connectivity index (χ1v) is 13.0. The summed E-state index contributed by atoms with van der Waals surface area (Å²) in [4.78, 5) is 54.8. The summed E-state index contributed by atoms with van der Waals surface area (Å²) < 4.78 is 6.69. The van der Waals surface area contributed by atoms with E-state index in [1.54, 1.807) is 28.3 Å². The highest BCUT2D eigenvalue weighted by Gasteiger charge is 2.32. The predicted molar refractivity (Wildman–Crippen MR) is 136 cm³/mol. The molecule has 0 bridgehead atoms. The lowest BCUT2D eigenvalue weighted by Gasteiger charge is -2.33. The fraction of sp³-hybridized carbons (Fsp3) is 0.519. The van der Waals surface area contributed by atoms with Crippen LogP contribution in [0.4, 0.5) is 0 Å². The molecule has 0 radical (unpaired) electrons. The molecule has 10 heteroatoms. The Morgan fingerprint density at radius 3 is 2.70 bits per heavy atom. The first-order chi connectivity index (χ1) is 17.8. The fourth-order valence-corrected chi connectivity index (χ4v) is 4.93. The molecule has 198 valence electrons. The van der Waals surface area contributed by atoms with Crippen molar-refractivity contribution in [2.75, 3.05) is 26.2 Å². The van der Waals surface area contributed by atoms with Crippen molar-refractivity contribution < 1.29 is 23.9 Å². The van der Waals surface area contributed by atoms with Crippen LogP contribution in [0.5, 0.6) is 0 Å². The Kier molecular flexibility index (Phi) is 8.25. The number of likely N-dealkylation sites (tertiary alicyclic amines) is 1. The standard InChI is InChI=1S/C27H35N5O5/c1-4-37-27(36)21-11-7-12-30(17-21)25(34)19(3)28-24(33)22-15-23-26(35)31(13-8-14-32(23)29-22)16-20-10-6-5-9-18(20)2/h5-6,9-10,15,19,21H,4,7-8,11-14,16-17H2,1-3H3,(H,28,33). The van der Waals surface area contributed by atoms with Crippen LogP contribution in [-0.4, -0.2) is 75.6 Å². The van der Waals surface area contributed by atoms with E-state index >= 15 is 0 Å². The van der Waals surface area contributed by atoms with Crippen LogP contribution in [0.1, 0.15) is 65.2 Å². The molecule has 2 aliphatic heterocycles. The number of amides is 3. The molecular weight excluding hydrogens is 474 g/mol. The number of aromatic nitrogens is 2. The van der Waals surface area contributed by atoms with Gasteiger partial charge in [-0.1, -0.05) is 24.3 Å². The average Bonchev–Trinajstić information content (AvgIpc) is 3.27. The van der Waals surface area contributed by atoms with Crippen LogP contribution >= 0.6 is 0 Å². The molecule has 1 N–H and O–H groups in total. The number of carbonyl (C=O) groups is 4. The summed E-state index contributed by atoms with van der Waals surface area (Å²) in [7, 11) is 0. The van der Waals surface area contributed by atoms with Gasteiger partial charge in [0.25, 0.3) is 11.8 Å². The lowest BCUT2D eigenvalue weighted by Crippen LogP contribution is -2.51. The Labute approximate surface area is 216 Å². The van der Waals surface area contributed by atoms with Crippen molar-refractivity contribution in [3.63, 3.8) is 0 Å². The topological polar surface area (TPSA) is 114 Å². The molecule has 10 nitrogen and oxygen atoms in total. The van der Waals surface area contributed by atoms with E-state index in [-0.39, 0.29) is 35.9 Å². The number of hydrogen-bond donors (Lipinski definition) is 1. The van der Waals surface area contributed by atoms with E-state index in [1.807, 2.05) is 31.2 Å². The molecule has 0 aliphatic carbocycles. The van der Waals surface area contributed by atoms with Gasteiger partial charge in [0.1, 0.15) is 11.7 Å². The molecule has 37 heavy (non-hydrogen) atoms. The molecule has 4 rings (SSSR count). The molecule has 2 aliphatic rings. The maximum atomic E-state index is 13.3. The lowest BCUT2D eigenvalue weighted by atomic mass is 9.97. The normalized spacial score (nSPS) is 18.6. The van der Waals surface area contributed by atoms with Crippen molar-refractivity contribution in [1.29, 1.82) is 0 Å². The smallest absolute Gasteiger partial charge is 0.310 e. The monoisotopic (exact) mass is 509 g/mol. The molecule has 1 aromatic carbocycles. The fourth-order valence-electron chi connectivity index (χ4n) is 4.93. The SMILES string of the molecule is CCOC(=O)C1CCCN(C(=O)C(C)NC(=O)c2cc3n(n2)CCCN(Cc2ccccc2C)C3=O)C1. The number of nitrogens with zero attached hydrogens (tertiary/aromatic N) is 4. The quantitative estimate of drug-likeness (QED) is 0.572. The number of carbonyl (C=O) groups excluding carboxylic acids is 4. The zero-order valence-electron chi connectivity index (χ0n) is 21.7. The van der Waals surface area contributed by atoms with Gasteiger partial charge in [-0.25, -0.2) is 0 Å². The third-order valence-electron chi connectivity index (χ3n) is 7.01. The molecule has 1 aromatic heterocycles. The largest absolute Gasteiger partial charge is 0.466 e. The van der Waals surface area contributed by atoms with Crippen molar-refractivity contribution in [3.05, 3.63) is 52.8 Å². The number of fused-ring (bicyclic) bond motifs is 1. The maximum absolute atomic E-state index is 13.3. The van der Waals surface area contributed by atoms with E-state index < -0.39 is 11.9 Å². The Morgan fingerprint density at radius 2 is 1.95 bits per heavy atom. The van der Waals surface area contributed by atoms with E-state index in [1.165, 1.54) is 6.07 Å². The van der Waals surface area contributed by atoms with Crippen molar-refractivity contribution in [2.24, 2.45) is 5.92 Å². The molecule has 2 unspecified atom stereocenters. The summed E-state index contributed by atoms with van der Waals surface area (Å²) in [5.74, 6) is -1.59. The zero-order valence-corrected chi connectivity index (χ0v) is 21.7. The Bertz CT molecular complexity index is 1180. The number of nitrogens with one attached hydrogen (secondary N) is 1. The Hall–Kier alpha value is -3.69. The number of piperidine rings is 1. The first-order valence-electron chi connectivity index (χ1n) is 13.0. The molecule has 2 atom stereocenters. The highest BCUT2D eigenvalue weighted by Crippen LogP contribution is 2.20. The van der Waals surface area contributed by atoms with Crippen molar-refractivity contribution in [2.45, 2.75) is 59.2 Å². The van der Waals surface area contributed by atoms with E-state index in [0.717, 1.165) is 17.5 Å². The highest BCUT2D eigenvalue weighted by atomic mass is 16.5. The molecule has 1 saturated heterocycles. The second kappa shape index (κ2) is 11.6. The van der Waals surface area contributed by atoms with E-state index in [9.17, 15) is 19.2 Å². The predicted octanol–water partition coefficient (Wildman–Crippen LogP) is 2.16. The maximum Gasteiger partial charge on any atom is 0.310 e. The third kappa shape index (κ3) is 6.00. The van der Waals surface area contributed by atoms with E-state index in [0.29, 0.717) is 51.3 Å². The number of esters is 1. The summed E-state index contributed by atoms with van der Waals surface area (Å²) >= 11 is 0. The van der Waals surface area contributed by atoms with Crippen LogP contribution in [0.25, 0.3) is 0 Å². The van der Waals surface area contributed by atoms with Gasteiger partial charge in [-0.2, -0.15) is 5.10 Å². The first kappa shape index (κ1) is 26.4. The zero-order chi connectivity index (χ0) is 26.5. The van der Waals surface area contributed by atoms with Gasteiger partial charge in [0.2, 0.25) is 5.91 Å². The number of aryl methyl sites for hydroxylation is 2. The van der Waals surface area contributed by atoms with Crippen LogP contribution < -0.4 is 5.32 Å². The molecule has 2 aromatic rings. The number of rotatable bonds is 7. The van der Waals surface area contributed by atoms with Gasteiger partial charge in [-0.3, -0.25) is 23.9 Å². The Morgan fingerprint density at radius 1 is 1.16 bits per heavy atom. The van der Waals surface area contributed by atoms with Gasteiger partial charge in [0.05, 0.1) is 12.5 Å². The summed E-state index contributed by atoms with van der Waals surface area (Å²) in [6.45, 7) is 8.12. The van der Waals surface area contributed by atoms with Gasteiger partial charge in [-0.05, 0) is 51.2 Å². The molecular formula is C27H35N5O5. The highest BCUT2D eigenvalue weighted by molar-refractivity contribution is 5.99. The second-order valence-corrected chi connectivity index (χ2v) is 9.72. The molecule has 0 spiro atoms. The van der Waals surface area contributed by atoms with Crippen LogP contribution in [0.15, 0.2) is 30.3 Å². The lowest BCUT2D eigenvalue weighted by molar-refractivity contribution is -0.151. The van der Waals surface area contributed by atoms with Gasteiger partial charge < -0.3 is 19.9 Å². The number of hydrogen-bond acceptors (Lipinski definition) is 6. The third-order valence-corrected chi connectivity index (χ3v) is 7.01. The average molecular weight is 510 g/mol. The van der Waals surface area contributed by atoms with Crippen molar-refractivity contribution >= 4 is 23.7 Å². The summed E-state index contributed by atoms with van der Waals surface area (Å²) in [5, 5.41) is 7.09. The van der Waals surface area contributed by atoms with Crippen molar-refractivity contribution in [1.82, 2.24) is 24.9 Å². The summed E-state index contributed by atoms with van der Waals surface area (Å²) in [6, 6.07) is 8.66. The molecule has 3 amide bonds. The number of benzene rings is 1. The van der Waals surface area contributed by atoms with E-state index in [4.69, 9.17) is 4.74 Å². The Balaban J connectivity index is 1.40. The summed E-state index contributed by atoms with van der Waals surface area (Å²) in [6.07, 6.45) is 2.10. The minimum absolute atomic E-state index is 0.101. The number of ether oxygens (including phenoxy) is 1. The van der Waals surface area contributed by atoms with Gasteiger partial charge >= 0.3 is 5.97 Å². The molecule has 3 heterocycles. The van der Waals surface area contributed by atoms with Crippen LogP contribution in [0.2, 0.25) is 0 Å². The van der Waals surface area contributed by atoms with E-state index in [2.05, 4.69) is 10.4 Å². The van der Waals surface area contributed by atoms with Crippen LogP contribution in [0.3, 0.4) is 0 Å². The molecule has 0 saturated carbocycles. The van der Waals surface area contributed by atoms with Crippen molar-refractivity contribution in [3.8, 4) is 0 Å². The van der Waals surface area contributed by atoms with Crippen LogP contribution in [0, 0.1) is 12.8 Å². The van der Waals surface area contributed by atoms with Gasteiger partial charge in [0.15, 0.2) is 5.69 Å². The minimum atomic E-state index is -0.803. The summed E-state index contributed by atoms with van der Waals surface area (Å²) in [5.41, 5.74) is 2.67. The minimum Gasteiger partial charge on any atom is -0.466 e. The van der Waals surface area contributed by atoms with Gasteiger partial charge in [0, 0.05) is 38.8 Å². The molecule has 1 fully saturated rings. The van der Waals surface area contributed by atoms with Gasteiger partial charge in [-0.15, -0.1) is 0 Å². The second-order valence-electron chi connectivity index (χ2n) is 9.72. The van der Waals surface area contributed by atoms with Crippen LogP contribution in [-0.2, 0) is 27.4 Å².